The Morgan fingerprint density at radius 3 is 2.11 bits per heavy atom. The minimum Gasteiger partial charge on any atom is -0.494 e. The number of benzene rings is 4. The molecule has 4 rings (SSSR count). The molecule has 0 saturated carbocycles. The summed E-state index contributed by atoms with van der Waals surface area (Å²) in [6, 6.07) is 28.5. The van der Waals surface area contributed by atoms with Gasteiger partial charge in [-0.1, -0.05) is 80.1 Å². The largest absolute Gasteiger partial charge is 0.494 e. The number of ether oxygens (including phenoxy) is 1. The van der Waals surface area contributed by atoms with Crippen molar-refractivity contribution < 1.29 is 27.1 Å². The van der Waals surface area contributed by atoms with Gasteiger partial charge in [-0.2, -0.15) is 0 Å². The van der Waals surface area contributed by atoms with E-state index >= 15 is 4.39 Å². The van der Waals surface area contributed by atoms with Crippen molar-refractivity contribution in [3.63, 3.8) is 0 Å². The first kappa shape index (κ1) is 34.2. The lowest BCUT2D eigenvalue weighted by atomic mass is 10.0. The maximum Gasteiger partial charge on any atom is 0.264 e. The van der Waals surface area contributed by atoms with Crippen molar-refractivity contribution in [2.24, 2.45) is 0 Å². The predicted molar refractivity (Wildman–Crippen MR) is 177 cm³/mol. The molecule has 10 heteroatoms. The highest BCUT2D eigenvalue weighted by atomic mass is 32.2. The van der Waals surface area contributed by atoms with E-state index in [9.17, 15) is 18.0 Å². The van der Waals surface area contributed by atoms with Gasteiger partial charge in [0.1, 0.15) is 24.2 Å². The SMILES string of the molecule is CCCCNC(=O)[C@H](Cc1ccccc1)N(Cc1ccccc1F)C(=O)CN(c1ccccc1)S(=O)(=O)c1ccc(OCC)cc1. The van der Waals surface area contributed by atoms with Crippen LogP contribution in [-0.2, 0) is 32.6 Å². The van der Waals surface area contributed by atoms with Crippen LogP contribution in [0.2, 0.25) is 0 Å². The number of rotatable bonds is 16. The van der Waals surface area contributed by atoms with Crippen molar-refractivity contribution in [2.45, 2.75) is 50.6 Å². The zero-order chi connectivity index (χ0) is 32.9. The lowest BCUT2D eigenvalue weighted by Crippen LogP contribution is -2.53. The number of hydrogen-bond donors (Lipinski definition) is 1. The van der Waals surface area contributed by atoms with Crippen LogP contribution in [0.4, 0.5) is 10.1 Å². The standard InChI is InChI=1S/C36H40FN3O5S/c1-3-5-24-38-36(42)34(25-28-14-8-6-9-15-28)39(26-29-16-12-13-19-33(29)37)35(41)27-40(30-17-10-7-11-18-30)46(43,44)32-22-20-31(21-23-32)45-4-2/h6-23,34H,3-5,24-27H2,1-2H3,(H,38,42)/t34-/m0/s1. The van der Waals surface area contributed by atoms with Gasteiger partial charge in [0.2, 0.25) is 11.8 Å². The summed E-state index contributed by atoms with van der Waals surface area (Å²) in [5.41, 5.74) is 1.27. The van der Waals surface area contributed by atoms with E-state index in [1.807, 2.05) is 44.2 Å². The van der Waals surface area contributed by atoms with Gasteiger partial charge in [0.25, 0.3) is 10.0 Å². The average molecular weight is 646 g/mol. The van der Waals surface area contributed by atoms with Crippen molar-refractivity contribution >= 4 is 27.5 Å². The Morgan fingerprint density at radius 1 is 0.848 bits per heavy atom. The molecule has 0 radical (unpaired) electrons. The number of carbonyl (C=O) groups is 2. The molecular weight excluding hydrogens is 605 g/mol. The Kier molecular flexibility index (Phi) is 12.3. The first-order valence-electron chi connectivity index (χ1n) is 15.4. The number of nitrogens with one attached hydrogen (secondary N) is 1. The quantitative estimate of drug-likeness (QED) is 0.151. The van der Waals surface area contributed by atoms with Crippen LogP contribution in [0.5, 0.6) is 5.75 Å². The number of carbonyl (C=O) groups excluding carboxylic acids is 2. The average Bonchev–Trinajstić information content (AvgIpc) is 3.07. The van der Waals surface area contributed by atoms with Crippen molar-refractivity contribution in [3.05, 3.63) is 126 Å². The van der Waals surface area contributed by atoms with E-state index in [-0.39, 0.29) is 29.1 Å². The molecule has 46 heavy (non-hydrogen) atoms. The summed E-state index contributed by atoms with van der Waals surface area (Å²) < 4.78 is 49.8. The molecule has 0 aliphatic rings. The molecule has 242 valence electrons. The molecule has 0 bridgehead atoms. The van der Waals surface area contributed by atoms with Gasteiger partial charge in [-0.25, -0.2) is 12.8 Å². The number of para-hydroxylation sites is 1. The van der Waals surface area contributed by atoms with Crippen molar-refractivity contribution in [2.75, 3.05) is 24.0 Å². The summed E-state index contributed by atoms with van der Waals surface area (Å²) in [6.45, 7) is 3.80. The lowest BCUT2D eigenvalue weighted by Gasteiger charge is -2.34. The predicted octanol–water partition coefficient (Wildman–Crippen LogP) is 5.98. The molecule has 0 heterocycles. The van der Waals surface area contributed by atoms with Crippen LogP contribution in [0.15, 0.2) is 114 Å². The van der Waals surface area contributed by atoms with Crippen LogP contribution < -0.4 is 14.4 Å². The van der Waals surface area contributed by atoms with E-state index in [0.29, 0.717) is 18.9 Å². The first-order chi connectivity index (χ1) is 22.2. The third-order valence-corrected chi connectivity index (χ3v) is 9.23. The van der Waals surface area contributed by atoms with Gasteiger partial charge >= 0.3 is 0 Å². The molecule has 8 nitrogen and oxygen atoms in total. The van der Waals surface area contributed by atoms with Gasteiger partial charge in [-0.15, -0.1) is 0 Å². The van der Waals surface area contributed by atoms with Gasteiger partial charge in [0.05, 0.1) is 17.2 Å². The number of sulfonamides is 1. The second kappa shape index (κ2) is 16.6. The zero-order valence-electron chi connectivity index (χ0n) is 26.1. The van der Waals surface area contributed by atoms with Crippen LogP contribution in [-0.4, -0.2) is 50.9 Å². The number of hydrogen-bond acceptors (Lipinski definition) is 5. The third kappa shape index (κ3) is 8.94. The molecule has 1 atom stereocenters. The van der Waals surface area contributed by atoms with Crippen LogP contribution in [0.1, 0.15) is 37.8 Å². The van der Waals surface area contributed by atoms with Crippen molar-refractivity contribution in [1.82, 2.24) is 10.2 Å². The van der Waals surface area contributed by atoms with Crippen LogP contribution in [0, 0.1) is 5.82 Å². The van der Waals surface area contributed by atoms with Gasteiger partial charge in [-0.05, 0) is 61.4 Å². The normalized spacial score (nSPS) is 11.8. The third-order valence-electron chi connectivity index (χ3n) is 7.44. The van der Waals surface area contributed by atoms with E-state index in [2.05, 4.69) is 5.32 Å². The highest BCUT2D eigenvalue weighted by Gasteiger charge is 2.35. The summed E-state index contributed by atoms with van der Waals surface area (Å²) >= 11 is 0. The minimum absolute atomic E-state index is 0.0357. The molecule has 0 fully saturated rings. The van der Waals surface area contributed by atoms with Gasteiger partial charge in [0, 0.05) is 25.1 Å². The van der Waals surface area contributed by atoms with E-state index < -0.39 is 40.2 Å². The molecule has 0 aromatic heterocycles. The molecule has 0 aliphatic heterocycles. The Hall–Kier alpha value is -4.70. The van der Waals surface area contributed by atoms with Crippen LogP contribution in [0.25, 0.3) is 0 Å². The molecule has 2 amide bonds. The molecule has 1 N–H and O–H groups in total. The Bertz CT molecular complexity index is 1670. The molecule has 4 aromatic carbocycles. The van der Waals surface area contributed by atoms with E-state index in [1.165, 1.54) is 23.1 Å². The first-order valence-corrected chi connectivity index (χ1v) is 16.8. The van der Waals surface area contributed by atoms with Gasteiger partial charge in [-0.3, -0.25) is 13.9 Å². The fourth-order valence-corrected chi connectivity index (χ4v) is 6.41. The number of unbranched alkanes of at least 4 members (excludes halogenated alkanes) is 1. The van der Waals surface area contributed by atoms with Crippen molar-refractivity contribution in [1.29, 1.82) is 0 Å². The minimum atomic E-state index is -4.26. The smallest absolute Gasteiger partial charge is 0.264 e. The number of anilines is 1. The monoisotopic (exact) mass is 645 g/mol. The molecule has 0 aliphatic carbocycles. The maximum absolute atomic E-state index is 15.0. The highest BCUT2D eigenvalue weighted by molar-refractivity contribution is 7.92. The molecule has 0 spiro atoms. The highest BCUT2D eigenvalue weighted by Crippen LogP contribution is 2.26. The lowest BCUT2D eigenvalue weighted by molar-refractivity contribution is -0.140. The Labute approximate surface area is 270 Å². The number of nitrogens with zero attached hydrogens (tertiary/aromatic N) is 2. The number of amides is 2. The van der Waals surface area contributed by atoms with Gasteiger partial charge < -0.3 is 15.0 Å². The molecule has 0 saturated heterocycles. The number of halogens is 1. The summed E-state index contributed by atoms with van der Waals surface area (Å²) in [4.78, 5) is 29.4. The summed E-state index contributed by atoms with van der Waals surface area (Å²) in [6.07, 6.45) is 1.75. The van der Waals surface area contributed by atoms with E-state index in [4.69, 9.17) is 4.74 Å². The second-order valence-electron chi connectivity index (χ2n) is 10.7. The Morgan fingerprint density at radius 2 is 1.48 bits per heavy atom. The van der Waals surface area contributed by atoms with E-state index in [0.717, 1.165) is 22.7 Å². The Balaban J connectivity index is 1.77. The molecular formula is C36H40FN3O5S. The van der Waals surface area contributed by atoms with E-state index in [1.54, 1.807) is 60.7 Å². The van der Waals surface area contributed by atoms with Crippen LogP contribution in [0.3, 0.4) is 0 Å². The fraction of sp³-hybridized carbons (Fsp3) is 0.278. The van der Waals surface area contributed by atoms with Crippen molar-refractivity contribution in [3.8, 4) is 5.75 Å². The second-order valence-corrected chi connectivity index (χ2v) is 12.6. The topological polar surface area (TPSA) is 96.0 Å². The summed E-state index contributed by atoms with van der Waals surface area (Å²) in [5, 5.41) is 2.93. The van der Waals surface area contributed by atoms with Crippen LogP contribution >= 0.6 is 0 Å². The molecule has 4 aromatic rings. The summed E-state index contributed by atoms with van der Waals surface area (Å²) in [5.74, 6) is -1.08. The zero-order valence-corrected chi connectivity index (χ0v) is 27.0. The van der Waals surface area contributed by atoms with Gasteiger partial charge in [0.15, 0.2) is 0 Å². The fourth-order valence-electron chi connectivity index (χ4n) is 5.00. The molecule has 0 unspecified atom stereocenters. The summed E-state index contributed by atoms with van der Waals surface area (Å²) in [7, 11) is -4.26. The maximum atomic E-state index is 15.0.